The van der Waals surface area contributed by atoms with E-state index in [0.717, 1.165) is 58.3 Å². The van der Waals surface area contributed by atoms with E-state index in [1.165, 1.54) is 26.1 Å². The van der Waals surface area contributed by atoms with Crippen LogP contribution in [0.3, 0.4) is 0 Å². The molecule has 2 aliphatic rings. The SMILES string of the molecule is CCCN1CCc2c(sc(NC(=O)C3CCCN3S(=O)(=O)c3cccs3)c2-c2nc3ccccc3s2)C1. The Morgan fingerprint density at radius 2 is 2.03 bits per heavy atom. The Labute approximate surface area is 228 Å². The first-order valence-corrected chi connectivity index (χ1v) is 16.5. The van der Waals surface area contributed by atoms with Crippen molar-refractivity contribution in [1.29, 1.82) is 0 Å². The molecule has 1 N–H and O–H groups in total. The average molecular weight is 573 g/mol. The van der Waals surface area contributed by atoms with E-state index in [2.05, 4.69) is 23.2 Å². The number of amides is 1. The highest BCUT2D eigenvalue weighted by Crippen LogP contribution is 2.46. The molecule has 1 atom stereocenters. The molecule has 1 unspecified atom stereocenters. The fourth-order valence-corrected chi connectivity index (χ4v) is 10.4. The van der Waals surface area contributed by atoms with Crippen LogP contribution >= 0.6 is 34.0 Å². The van der Waals surface area contributed by atoms with Gasteiger partial charge in [-0.15, -0.1) is 34.0 Å². The van der Waals surface area contributed by atoms with E-state index in [9.17, 15) is 13.2 Å². The van der Waals surface area contributed by atoms with Crippen LogP contribution in [-0.2, 0) is 27.8 Å². The maximum absolute atomic E-state index is 13.6. The lowest BCUT2D eigenvalue weighted by molar-refractivity contribution is -0.119. The summed E-state index contributed by atoms with van der Waals surface area (Å²) in [4.78, 5) is 22.3. The van der Waals surface area contributed by atoms with Crippen LogP contribution in [0.2, 0.25) is 0 Å². The quantitative estimate of drug-likeness (QED) is 0.310. The van der Waals surface area contributed by atoms with Gasteiger partial charge in [0.2, 0.25) is 5.91 Å². The lowest BCUT2D eigenvalue weighted by Gasteiger charge is -2.26. The highest BCUT2D eigenvalue weighted by Gasteiger charge is 2.40. The number of anilines is 1. The van der Waals surface area contributed by atoms with E-state index >= 15 is 0 Å². The highest BCUT2D eigenvalue weighted by atomic mass is 32.2. The van der Waals surface area contributed by atoms with Gasteiger partial charge in [-0.3, -0.25) is 9.69 Å². The summed E-state index contributed by atoms with van der Waals surface area (Å²) < 4.78 is 29.3. The van der Waals surface area contributed by atoms with Crippen LogP contribution in [0.4, 0.5) is 5.00 Å². The van der Waals surface area contributed by atoms with Gasteiger partial charge in [-0.25, -0.2) is 13.4 Å². The lowest BCUT2D eigenvalue weighted by atomic mass is 10.0. The standard InChI is InChI=1S/C26H28N4O3S4/c1-2-12-29-14-11-17-21(16-29)36-26(23(17)25-27-18-7-3-4-9-20(18)35-25)28-24(31)19-8-5-13-30(19)37(32,33)22-10-6-15-34-22/h3-4,6-7,9-10,15,19H,2,5,8,11-14,16H2,1H3,(H,28,31). The van der Waals surface area contributed by atoms with Crippen LogP contribution in [0.25, 0.3) is 20.8 Å². The zero-order valence-corrected chi connectivity index (χ0v) is 23.7. The van der Waals surface area contributed by atoms with E-state index < -0.39 is 16.1 Å². The number of nitrogens with one attached hydrogen (secondary N) is 1. The number of nitrogens with zero attached hydrogens (tertiary/aromatic N) is 3. The number of fused-ring (bicyclic) bond motifs is 2. The summed E-state index contributed by atoms with van der Waals surface area (Å²) in [6.07, 6.45) is 3.20. The Bertz CT molecular complexity index is 1510. The molecule has 1 fully saturated rings. The third kappa shape index (κ3) is 4.66. The van der Waals surface area contributed by atoms with Crippen LogP contribution in [0.15, 0.2) is 46.0 Å². The van der Waals surface area contributed by atoms with Gasteiger partial charge < -0.3 is 5.32 Å². The largest absolute Gasteiger partial charge is 0.316 e. The number of thiazole rings is 1. The number of thiophene rings is 2. The van der Waals surface area contributed by atoms with Crippen molar-refractivity contribution in [2.45, 2.75) is 49.4 Å². The third-order valence-electron chi connectivity index (χ3n) is 6.98. The van der Waals surface area contributed by atoms with Crippen molar-refractivity contribution in [2.75, 3.05) is 25.0 Å². The molecule has 0 aliphatic carbocycles. The summed E-state index contributed by atoms with van der Waals surface area (Å²) in [6, 6.07) is 10.7. The van der Waals surface area contributed by atoms with Crippen molar-refractivity contribution >= 4 is 65.2 Å². The summed E-state index contributed by atoms with van der Waals surface area (Å²) in [5.41, 5.74) is 3.23. The van der Waals surface area contributed by atoms with E-state index in [1.807, 2.05) is 18.2 Å². The summed E-state index contributed by atoms with van der Waals surface area (Å²) in [5.74, 6) is -0.260. The molecule has 6 rings (SSSR count). The number of aromatic nitrogens is 1. The molecule has 3 aromatic heterocycles. The van der Waals surface area contributed by atoms with Crippen LogP contribution in [0, 0.1) is 0 Å². The van der Waals surface area contributed by atoms with Gasteiger partial charge in [0.15, 0.2) is 0 Å². The molecular weight excluding hydrogens is 545 g/mol. The average Bonchev–Trinajstić information content (AvgIpc) is 3.69. The molecule has 0 bridgehead atoms. The third-order valence-corrected chi connectivity index (χ3v) is 12.5. The molecule has 7 nitrogen and oxygen atoms in total. The number of carbonyl (C=O) groups is 1. The summed E-state index contributed by atoms with van der Waals surface area (Å²) >= 11 is 4.45. The maximum Gasteiger partial charge on any atom is 0.253 e. The minimum Gasteiger partial charge on any atom is -0.316 e. The molecule has 1 aromatic carbocycles. The number of hydrogen-bond donors (Lipinski definition) is 1. The lowest BCUT2D eigenvalue weighted by Crippen LogP contribution is -2.42. The molecule has 194 valence electrons. The van der Waals surface area contributed by atoms with Gasteiger partial charge >= 0.3 is 0 Å². The van der Waals surface area contributed by atoms with E-state index in [1.54, 1.807) is 40.2 Å². The molecule has 5 heterocycles. The first kappa shape index (κ1) is 25.1. The highest BCUT2D eigenvalue weighted by molar-refractivity contribution is 7.91. The summed E-state index contributed by atoms with van der Waals surface area (Å²) in [5, 5.41) is 6.62. The van der Waals surface area contributed by atoms with Gasteiger partial charge in [-0.05, 0) is 61.4 Å². The van der Waals surface area contributed by atoms with Gasteiger partial charge in [0.05, 0.1) is 10.2 Å². The first-order valence-electron chi connectivity index (χ1n) is 12.5. The Morgan fingerprint density at radius 3 is 2.81 bits per heavy atom. The van der Waals surface area contributed by atoms with Gasteiger partial charge in [-0.2, -0.15) is 4.31 Å². The molecule has 0 spiro atoms. The van der Waals surface area contributed by atoms with Gasteiger partial charge in [-0.1, -0.05) is 25.1 Å². The summed E-state index contributed by atoms with van der Waals surface area (Å²) in [7, 11) is -3.70. The van der Waals surface area contributed by atoms with Crippen LogP contribution in [-0.4, -0.2) is 54.2 Å². The Morgan fingerprint density at radius 1 is 1.16 bits per heavy atom. The molecular formula is C26H28N4O3S4. The van der Waals surface area contributed by atoms with E-state index in [0.29, 0.717) is 19.4 Å². The fraction of sp³-hybridized carbons (Fsp3) is 0.385. The minimum atomic E-state index is -3.70. The van der Waals surface area contributed by atoms with Crippen molar-refractivity contribution in [3.8, 4) is 10.6 Å². The number of carbonyl (C=O) groups excluding carboxylic acids is 1. The van der Waals surface area contributed by atoms with Crippen molar-refractivity contribution < 1.29 is 13.2 Å². The Hall–Kier alpha value is -2.15. The molecule has 0 radical (unpaired) electrons. The van der Waals surface area contributed by atoms with Crippen molar-refractivity contribution in [1.82, 2.24) is 14.2 Å². The maximum atomic E-state index is 13.6. The second-order valence-corrected chi connectivity index (χ2v) is 14.6. The monoisotopic (exact) mass is 572 g/mol. The van der Waals surface area contributed by atoms with E-state index in [-0.39, 0.29) is 10.1 Å². The van der Waals surface area contributed by atoms with Crippen molar-refractivity contribution in [3.63, 3.8) is 0 Å². The number of para-hydroxylation sites is 1. The number of hydrogen-bond acceptors (Lipinski definition) is 8. The summed E-state index contributed by atoms with van der Waals surface area (Å²) in [6.45, 7) is 5.45. The number of sulfonamides is 1. The van der Waals surface area contributed by atoms with E-state index in [4.69, 9.17) is 4.98 Å². The fourth-order valence-electron chi connectivity index (χ4n) is 5.27. The van der Waals surface area contributed by atoms with Crippen LogP contribution < -0.4 is 5.32 Å². The van der Waals surface area contributed by atoms with Gasteiger partial charge in [0, 0.05) is 30.1 Å². The predicted octanol–water partition coefficient (Wildman–Crippen LogP) is 5.65. The molecule has 11 heteroatoms. The topological polar surface area (TPSA) is 82.6 Å². The van der Waals surface area contributed by atoms with Crippen molar-refractivity contribution in [2.24, 2.45) is 0 Å². The number of rotatable bonds is 7. The van der Waals surface area contributed by atoms with Crippen LogP contribution in [0.5, 0.6) is 0 Å². The van der Waals surface area contributed by atoms with Crippen LogP contribution in [0.1, 0.15) is 36.6 Å². The first-order chi connectivity index (χ1) is 18.0. The van der Waals surface area contributed by atoms with Gasteiger partial charge in [0.1, 0.15) is 20.3 Å². The second-order valence-electron chi connectivity index (χ2n) is 9.42. The molecule has 2 aliphatic heterocycles. The zero-order valence-electron chi connectivity index (χ0n) is 20.5. The molecule has 1 saturated heterocycles. The molecule has 37 heavy (non-hydrogen) atoms. The van der Waals surface area contributed by atoms with Crippen molar-refractivity contribution in [3.05, 3.63) is 52.2 Å². The Balaban J connectivity index is 1.35. The molecule has 0 saturated carbocycles. The minimum absolute atomic E-state index is 0.260. The smallest absolute Gasteiger partial charge is 0.253 e. The molecule has 1 amide bonds. The Kier molecular flexibility index (Phi) is 6.93. The zero-order chi connectivity index (χ0) is 25.6. The predicted molar refractivity (Wildman–Crippen MR) is 152 cm³/mol. The second kappa shape index (κ2) is 10.2. The van der Waals surface area contributed by atoms with Gasteiger partial charge in [0.25, 0.3) is 10.0 Å². The number of benzene rings is 1. The molecule has 4 aromatic rings. The normalized spacial score (nSPS) is 18.9.